The average Bonchev–Trinajstić information content (AvgIpc) is 3.33. The molecule has 3 aliphatic rings. The number of carbonyl (C=O) groups excluding carboxylic acids is 2. The van der Waals surface area contributed by atoms with Crippen LogP contribution in [0.4, 0.5) is 4.39 Å². The minimum absolute atomic E-state index is 0.0707. The molecule has 0 unspecified atom stereocenters. The standard InChI is InChI=1S/C24H32FN5O5S/c1-16(18-7-8-22(35-2)20(25)11-18)27-23(31)21-6-4-10-30(21)24(32)19-5-3-9-28(15-19)36(33,34)29-13-17(12-26)14-29/h7-8,11,16-17,19,21H,3-6,9-10,13-15H2,1-2H3,(H,27,31)/t16-,19-,21+/m0/s1. The Balaban J connectivity index is 1.38. The first-order chi connectivity index (χ1) is 17.1. The second-order valence-corrected chi connectivity index (χ2v) is 11.6. The number of rotatable bonds is 7. The van der Waals surface area contributed by atoms with Crippen molar-refractivity contribution in [2.75, 3.05) is 39.8 Å². The third-order valence-electron chi connectivity index (χ3n) is 7.29. The summed E-state index contributed by atoms with van der Waals surface area (Å²) >= 11 is 0. The molecule has 12 heteroatoms. The summed E-state index contributed by atoms with van der Waals surface area (Å²) in [5, 5.41) is 11.8. The second-order valence-electron chi connectivity index (χ2n) is 9.66. The van der Waals surface area contributed by atoms with Crippen LogP contribution < -0.4 is 10.1 Å². The van der Waals surface area contributed by atoms with Gasteiger partial charge in [-0.1, -0.05) is 6.07 Å². The molecular formula is C24H32FN5O5S. The van der Waals surface area contributed by atoms with Crippen molar-refractivity contribution < 1.29 is 27.1 Å². The van der Waals surface area contributed by atoms with E-state index in [0.717, 1.165) is 0 Å². The molecular weight excluding hydrogens is 489 g/mol. The fourth-order valence-electron chi connectivity index (χ4n) is 5.11. The lowest BCUT2D eigenvalue weighted by Crippen LogP contribution is -2.57. The van der Waals surface area contributed by atoms with Crippen molar-refractivity contribution in [2.24, 2.45) is 11.8 Å². The second kappa shape index (κ2) is 10.7. The van der Waals surface area contributed by atoms with Crippen LogP contribution in [0.1, 0.15) is 44.2 Å². The monoisotopic (exact) mass is 521 g/mol. The van der Waals surface area contributed by atoms with Gasteiger partial charge in [0.1, 0.15) is 6.04 Å². The molecule has 3 saturated heterocycles. The summed E-state index contributed by atoms with van der Waals surface area (Å²) < 4.78 is 47.5. The van der Waals surface area contributed by atoms with E-state index in [-0.39, 0.29) is 43.1 Å². The number of carbonyl (C=O) groups is 2. The Morgan fingerprint density at radius 2 is 1.89 bits per heavy atom. The first kappa shape index (κ1) is 26.3. The summed E-state index contributed by atoms with van der Waals surface area (Å²) in [6.07, 6.45) is 2.29. The SMILES string of the molecule is COc1ccc([C@H](C)NC(=O)[C@H]2CCCN2C(=O)[C@H]2CCCN(S(=O)(=O)N3CC(C#N)C3)C2)cc1F. The fourth-order valence-corrected chi connectivity index (χ4v) is 6.90. The van der Waals surface area contributed by atoms with E-state index >= 15 is 0 Å². The zero-order chi connectivity index (χ0) is 26.0. The lowest BCUT2D eigenvalue weighted by molar-refractivity contribution is -0.142. The first-order valence-electron chi connectivity index (χ1n) is 12.2. The van der Waals surface area contributed by atoms with Gasteiger partial charge < -0.3 is 15.0 Å². The van der Waals surface area contributed by atoms with Crippen molar-refractivity contribution in [2.45, 2.75) is 44.7 Å². The van der Waals surface area contributed by atoms with Crippen molar-refractivity contribution in [1.82, 2.24) is 18.8 Å². The van der Waals surface area contributed by atoms with E-state index in [4.69, 9.17) is 10.00 Å². The van der Waals surface area contributed by atoms with E-state index in [0.29, 0.717) is 44.3 Å². The molecule has 0 saturated carbocycles. The fraction of sp³-hybridized carbons (Fsp3) is 0.625. The van der Waals surface area contributed by atoms with E-state index in [1.54, 1.807) is 17.9 Å². The maximum atomic E-state index is 14.1. The van der Waals surface area contributed by atoms with Gasteiger partial charge in [0.25, 0.3) is 10.2 Å². The summed E-state index contributed by atoms with van der Waals surface area (Å²) in [4.78, 5) is 28.1. The quantitative estimate of drug-likeness (QED) is 0.579. The van der Waals surface area contributed by atoms with Crippen molar-refractivity contribution in [3.05, 3.63) is 29.6 Å². The lowest BCUT2D eigenvalue weighted by atomic mass is 9.97. The number of benzene rings is 1. The molecule has 0 spiro atoms. The van der Waals surface area contributed by atoms with Crippen LogP contribution in [0.15, 0.2) is 18.2 Å². The zero-order valence-corrected chi connectivity index (χ0v) is 21.3. The zero-order valence-electron chi connectivity index (χ0n) is 20.5. The molecule has 3 fully saturated rings. The highest BCUT2D eigenvalue weighted by atomic mass is 32.2. The maximum Gasteiger partial charge on any atom is 0.282 e. The highest BCUT2D eigenvalue weighted by molar-refractivity contribution is 7.86. The smallest absolute Gasteiger partial charge is 0.282 e. The molecule has 1 aromatic carbocycles. The number of halogens is 1. The van der Waals surface area contributed by atoms with Crippen LogP contribution in [-0.2, 0) is 19.8 Å². The minimum atomic E-state index is -3.72. The van der Waals surface area contributed by atoms with Crippen LogP contribution in [0.5, 0.6) is 5.75 Å². The largest absolute Gasteiger partial charge is 0.494 e. The summed E-state index contributed by atoms with van der Waals surface area (Å²) in [6, 6.07) is 5.44. The van der Waals surface area contributed by atoms with Crippen LogP contribution in [0.2, 0.25) is 0 Å². The molecule has 1 N–H and O–H groups in total. The van der Waals surface area contributed by atoms with Gasteiger partial charge >= 0.3 is 0 Å². The van der Waals surface area contributed by atoms with Crippen molar-refractivity contribution in [3.8, 4) is 11.8 Å². The van der Waals surface area contributed by atoms with Crippen molar-refractivity contribution in [3.63, 3.8) is 0 Å². The Bertz CT molecular complexity index is 1150. The number of nitrogens with zero attached hydrogens (tertiary/aromatic N) is 4. The lowest BCUT2D eigenvalue weighted by Gasteiger charge is -2.41. The van der Waals surface area contributed by atoms with Crippen LogP contribution in [-0.4, -0.2) is 79.6 Å². The molecule has 10 nitrogen and oxygen atoms in total. The molecule has 3 atom stereocenters. The van der Waals surface area contributed by atoms with Crippen LogP contribution in [0.3, 0.4) is 0 Å². The molecule has 0 aliphatic carbocycles. The van der Waals surface area contributed by atoms with Crippen molar-refractivity contribution in [1.29, 1.82) is 5.26 Å². The van der Waals surface area contributed by atoms with Gasteiger partial charge in [-0.3, -0.25) is 9.59 Å². The van der Waals surface area contributed by atoms with E-state index < -0.39 is 34.0 Å². The van der Waals surface area contributed by atoms with Gasteiger partial charge in [-0.15, -0.1) is 0 Å². The summed E-state index contributed by atoms with van der Waals surface area (Å²) in [5.74, 6) is -1.74. The van der Waals surface area contributed by atoms with E-state index in [1.807, 2.05) is 0 Å². The number of amides is 2. The van der Waals surface area contributed by atoms with Crippen molar-refractivity contribution >= 4 is 22.0 Å². The molecule has 3 aliphatic heterocycles. The van der Waals surface area contributed by atoms with E-state index in [9.17, 15) is 22.4 Å². The molecule has 4 rings (SSSR count). The molecule has 36 heavy (non-hydrogen) atoms. The third kappa shape index (κ3) is 5.19. The predicted octanol–water partition coefficient (Wildman–Crippen LogP) is 1.41. The molecule has 0 bridgehead atoms. The van der Waals surface area contributed by atoms with Gasteiger partial charge in [-0.2, -0.15) is 22.3 Å². The number of nitriles is 1. The van der Waals surface area contributed by atoms with Gasteiger partial charge in [-0.05, 0) is 50.3 Å². The molecule has 196 valence electrons. The Kier molecular flexibility index (Phi) is 7.82. The third-order valence-corrected chi connectivity index (χ3v) is 9.22. The summed E-state index contributed by atoms with van der Waals surface area (Å²) in [5.41, 5.74) is 0.579. The Labute approximate surface area is 211 Å². The van der Waals surface area contributed by atoms with Crippen LogP contribution >= 0.6 is 0 Å². The summed E-state index contributed by atoms with van der Waals surface area (Å²) in [7, 11) is -2.34. The topological polar surface area (TPSA) is 123 Å². The van der Waals surface area contributed by atoms with Gasteiger partial charge in [-0.25, -0.2) is 4.39 Å². The van der Waals surface area contributed by atoms with Crippen LogP contribution in [0, 0.1) is 29.0 Å². The Hall–Kier alpha value is -2.75. The number of ether oxygens (including phenoxy) is 1. The Morgan fingerprint density at radius 1 is 1.17 bits per heavy atom. The predicted molar refractivity (Wildman–Crippen MR) is 128 cm³/mol. The number of piperidine rings is 1. The van der Waals surface area contributed by atoms with Gasteiger partial charge in [0.15, 0.2) is 11.6 Å². The number of hydrogen-bond acceptors (Lipinski definition) is 6. The highest BCUT2D eigenvalue weighted by Gasteiger charge is 2.44. The number of likely N-dealkylation sites (tertiary alicyclic amines) is 1. The molecule has 1 aromatic rings. The van der Waals surface area contributed by atoms with Gasteiger partial charge in [0.05, 0.1) is 31.1 Å². The Morgan fingerprint density at radius 3 is 2.56 bits per heavy atom. The van der Waals surface area contributed by atoms with Gasteiger partial charge in [0, 0.05) is 32.7 Å². The van der Waals surface area contributed by atoms with Crippen LogP contribution in [0.25, 0.3) is 0 Å². The van der Waals surface area contributed by atoms with E-state index in [2.05, 4.69) is 11.4 Å². The molecule has 0 radical (unpaired) electrons. The molecule has 3 heterocycles. The first-order valence-corrected chi connectivity index (χ1v) is 13.6. The van der Waals surface area contributed by atoms with Gasteiger partial charge in [0.2, 0.25) is 11.8 Å². The maximum absolute atomic E-state index is 14.1. The number of nitrogens with one attached hydrogen (secondary N) is 1. The molecule has 2 amide bonds. The number of methoxy groups -OCH3 is 1. The molecule has 0 aromatic heterocycles. The normalized spacial score (nSPS) is 24.6. The summed E-state index contributed by atoms with van der Waals surface area (Å²) in [6.45, 7) is 2.94. The van der Waals surface area contributed by atoms with E-state index in [1.165, 1.54) is 27.9 Å². The number of hydrogen-bond donors (Lipinski definition) is 1. The average molecular weight is 522 g/mol. The minimum Gasteiger partial charge on any atom is -0.494 e. The highest BCUT2D eigenvalue weighted by Crippen LogP contribution is 2.29.